The molecule has 4 amide bonds. The third kappa shape index (κ3) is 10.6. The second-order valence-corrected chi connectivity index (χ2v) is 10.3. The molecule has 2 aliphatic heterocycles. The summed E-state index contributed by atoms with van der Waals surface area (Å²) in [6.45, 7) is 3.28. The van der Waals surface area contributed by atoms with E-state index >= 15 is 0 Å². The molecule has 12 heteroatoms. The lowest BCUT2D eigenvalue weighted by Crippen LogP contribution is -2.36. The average Bonchev–Trinajstić information content (AvgIpc) is 3.48. The lowest BCUT2D eigenvalue weighted by molar-refractivity contribution is -0.121. The fourth-order valence-corrected chi connectivity index (χ4v) is 5.80. The number of nitrogens with one attached hydrogen (secondary N) is 4. The Hall–Kier alpha value is -2.67. The van der Waals surface area contributed by atoms with E-state index < -0.39 is 0 Å². The van der Waals surface area contributed by atoms with Crippen LogP contribution in [0.2, 0.25) is 0 Å². The highest BCUT2D eigenvalue weighted by atomic mass is 32.2. The number of rotatable bonds is 19. The first-order chi connectivity index (χ1) is 18.6. The molecule has 4 N–H and O–H groups in total. The molecule has 0 bridgehead atoms. The molecular weight excluding hydrogens is 512 g/mol. The zero-order valence-electron chi connectivity index (χ0n) is 21.6. The van der Waals surface area contributed by atoms with Gasteiger partial charge in [-0.15, -0.1) is 0 Å². The van der Waals surface area contributed by atoms with Gasteiger partial charge in [-0.1, -0.05) is 18.6 Å². The monoisotopic (exact) mass is 550 g/mol. The van der Waals surface area contributed by atoms with E-state index in [0.717, 1.165) is 25.0 Å². The van der Waals surface area contributed by atoms with E-state index in [2.05, 4.69) is 21.3 Å². The van der Waals surface area contributed by atoms with Gasteiger partial charge in [0.2, 0.25) is 5.91 Å². The van der Waals surface area contributed by atoms with Gasteiger partial charge in [0.05, 0.1) is 51.7 Å². The highest BCUT2D eigenvalue weighted by Gasteiger charge is 2.42. The van der Waals surface area contributed by atoms with Crippen LogP contribution in [0.15, 0.2) is 24.3 Å². The topological polar surface area (TPSA) is 144 Å². The molecule has 1 aromatic carbocycles. The fraction of sp³-hybridized carbons (Fsp3) is 0.615. The number of aldehydes is 1. The largest absolute Gasteiger partial charge is 0.377 e. The zero-order chi connectivity index (χ0) is 27.0. The van der Waals surface area contributed by atoms with Gasteiger partial charge in [-0.05, 0) is 25.0 Å². The molecule has 1 aromatic rings. The average molecular weight is 551 g/mol. The molecule has 0 spiro atoms. The lowest BCUT2D eigenvalue weighted by Gasteiger charge is -2.16. The van der Waals surface area contributed by atoms with Crippen molar-refractivity contribution in [2.75, 3.05) is 58.5 Å². The molecule has 0 radical (unpaired) electrons. The quantitative estimate of drug-likeness (QED) is 0.114. The number of unbranched alkanes of at least 4 members (excludes halogenated alkanes) is 1. The van der Waals surface area contributed by atoms with Crippen LogP contribution in [0.1, 0.15) is 46.4 Å². The second kappa shape index (κ2) is 17.0. The SMILES string of the molecule is O=Cc1cccc(C(=O)NCCOCCOCCOCCNC(=O)CCCC[C@@H]2SC[C@@H]3NC(=O)N[C@@H]32)c1. The predicted octanol–water partition coefficient (Wildman–Crippen LogP) is 1.12. The van der Waals surface area contributed by atoms with Gasteiger partial charge in [0.25, 0.3) is 5.91 Å². The van der Waals surface area contributed by atoms with Crippen molar-refractivity contribution in [2.45, 2.75) is 43.0 Å². The number of fused-ring (bicyclic) bond motifs is 1. The Morgan fingerprint density at radius 1 is 0.974 bits per heavy atom. The molecule has 0 aliphatic carbocycles. The van der Waals surface area contributed by atoms with Gasteiger partial charge in [0, 0.05) is 41.6 Å². The second-order valence-electron chi connectivity index (χ2n) is 9.05. The summed E-state index contributed by atoms with van der Waals surface area (Å²) in [5.74, 6) is 0.730. The van der Waals surface area contributed by atoms with Crippen LogP contribution in [0.4, 0.5) is 4.79 Å². The van der Waals surface area contributed by atoms with Crippen LogP contribution in [0, 0.1) is 0 Å². The van der Waals surface area contributed by atoms with Crippen molar-refractivity contribution in [2.24, 2.45) is 0 Å². The van der Waals surface area contributed by atoms with Crippen LogP contribution < -0.4 is 21.3 Å². The number of carbonyl (C=O) groups is 4. The molecule has 2 fully saturated rings. The van der Waals surface area contributed by atoms with Gasteiger partial charge >= 0.3 is 6.03 Å². The number of thioether (sulfide) groups is 1. The molecule has 3 rings (SSSR count). The molecule has 0 saturated carbocycles. The summed E-state index contributed by atoms with van der Waals surface area (Å²) in [6.07, 6.45) is 4.00. The maximum atomic E-state index is 12.0. The van der Waals surface area contributed by atoms with Gasteiger partial charge in [0.1, 0.15) is 6.29 Å². The van der Waals surface area contributed by atoms with Gasteiger partial charge in [0.15, 0.2) is 0 Å². The molecule has 2 aliphatic rings. The van der Waals surface area contributed by atoms with E-state index in [1.807, 2.05) is 11.8 Å². The minimum Gasteiger partial charge on any atom is -0.377 e. The van der Waals surface area contributed by atoms with Crippen LogP contribution in [-0.2, 0) is 19.0 Å². The van der Waals surface area contributed by atoms with Crippen LogP contribution in [0.25, 0.3) is 0 Å². The van der Waals surface area contributed by atoms with Gasteiger partial charge in [-0.25, -0.2) is 4.79 Å². The van der Waals surface area contributed by atoms with Gasteiger partial charge in [-0.2, -0.15) is 11.8 Å². The number of hydrogen-bond acceptors (Lipinski definition) is 8. The summed E-state index contributed by atoms with van der Waals surface area (Å²) in [7, 11) is 0. The van der Waals surface area contributed by atoms with Crippen LogP contribution in [0.3, 0.4) is 0 Å². The van der Waals surface area contributed by atoms with E-state index in [9.17, 15) is 19.2 Å². The van der Waals surface area contributed by atoms with Crippen molar-refractivity contribution < 1.29 is 33.4 Å². The summed E-state index contributed by atoms with van der Waals surface area (Å²) >= 11 is 1.89. The third-order valence-corrected chi connectivity index (χ3v) is 7.72. The van der Waals surface area contributed by atoms with Crippen molar-refractivity contribution in [3.8, 4) is 0 Å². The molecule has 11 nitrogen and oxygen atoms in total. The molecule has 210 valence electrons. The summed E-state index contributed by atoms with van der Waals surface area (Å²) in [4.78, 5) is 46.2. The summed E-state index contributed by atoms with van der Waals surface area (Å²) < 4.78 is 16.3. The Labute approximate surface area is 227 Å². The summed E-state index contributed by atoms with van der Waals surface area (Å²) in [5.41, 5.74) is 0.892. The molecule has 0 unspecified atom stereocenters. The Morgan fingerprint density at radius 3 is 2.42 bits per heavy atom. The van der Waals surface area contributed by atoms with E-state index in [0.29, 0.717) is 81.8 Å². The van der Waals surface area contributed by atoms with E-state index in [1.165, 1.54) is 6.07 Å². The third-order valence-electron chi connectivity index (χ3n) is 6.21. The predicted molar refractivity (Wildman–Crippen MR) is 144 cm³/mol. The first-order valence-corrected chi connectivity index (χ1v) is 14.1. The van der Waals surface area contributed by atoms with Crippen molar-refractivity contribution in [1.82, 2.24) is 21.3 Å². The highest BCUT2D eigenvalue weighted by molar-refractivity contribution is 8.00. The van der Waals surface area contributed by atoms with E-state index in [-0.39, 0.29) is 29.9 Å². The van der Waals surface area contributed by atoms with E-state index in [4.69, 9.17) is 14.2 Å². The Bertz CT molecular complexity index is 919. The van der Waals surface area contributed by atoms with Gasteiger partial charge < -0.3 is 35.5 Å². The lowest BCUT2D eigenvalue weighted by atomic mass is 10.0. The molecular formula is C26H38N4O7S. The smallest absolute Gasteiger partial charge is 0.315 e. The molecule has 2 heterocycles. The molecule has 38 heavy (non-hydrogen) atoms. The maximum absolute atomic E-state index is 12.0. The Morgan fingerprint density at radius 2 is 1.68 bits per heavy atom. The molecule has 2 saturated heterocycles. The summed E-state index contributed by atoms with van der Waals surface area (Å²) in [6, 6.07) is 6.89. The number of benzene rings is 1. The van der Waals surface area contributed by atoms with Crippen LogP contribution in [-0.4, -0.2) is 99.9 Å². The highest BCUT2D eigenvalue weighted by Crippen LogP contribution is 2.33. The fourth-order valence-electron chi connectivity index (χ4n) is 4.26. The van der Waals surface area contributed by atoms with Crippen molar-refractivity contribution in [1.29, 1.82) is 0 Å². The number of ether oxygens (including phenoxy) is 3. The Kier molecular flexibility index (Phi) is 13.4. The van der Waals surface area contributed by atoms with Crippen molar-refractivity contribution in [3.05, 3.63) is 35.4 Å². The number of amides is 4. The standard InChI is InChI=1S/C26H38N4O7S/c31-17-19-4-3-5-20(16-19)25(33)28-9-11-36-13-15-37-14-12-35-10-8-27-23(32)7-2-1-6-22-24-21(18-38-22)29-26(34)30-24/h3-5,16-17,21-22,24H,1-2,6-15,18H2,(H,27,32)(H,28,33)(H2,29,30,34)/t21-,22-,24-/m0/s1. The maximum Gasteiger partial charge on any atom is 0.315 e. The first-order valence-electron chi connectivity index (χ1n) is 13.1. The Balaban J connectivity index is 1.05. The minimum atomic E-state index is -0.252. The van der Waals surface area contributed by atoms with Crippen LogP contribution >= 0.6 is 11.8 Å². The number of carbonyl (C=O) groups excluding carboxylic acids is 4. The van der Waals surface area contributed by atoms with Crippen molar-refractivity contribution >= 4 is 35.9 Å². The summed E-state index contributed by atoms with van der Waals surface area (Å²) in [5, 5.41) is 12.0. The number of urea groups is 1. The molecule has 0 aromatic heterocycles. The minimum absolute atomic E-state index is 0.0282. The first kappa shape index (κ1) is 29.9. The van der Waals surface area contributed by atoms with Crippen molar-refractivity contribution in [3.63, 3.8) is 0 Å². The van der Waals surface area contributed by atoms with E-state index in [1.54, 1.807) is 18.2 Å². The molecule has 3 atom stereocenters. The van der Waals surface area contributed by atoms with Crippen LogP contribution in [0.5, 0.6) is 0 Å². The normalized spacial score (nSPS) is 19.9. The van der Waals surface area contributed by atoms with Gasteiger partial charge in [-0.3, -0.25) is 14.4 Å². The number of hydrogen-bond donors (Lipinski definition) is 4. The zero-order valence-corrected chi connectivity index (χ0v) is 22.4.